The first-order valence-corrected chi connectivity index (χ1v) is 12.4. The first-order valence-electron chi connectivity index (χ1n) is 11.6. The van der Waals surface area contributed by atoms with E-state index < -0.39 is 0 Å². The third-order valence-electron chi connectivity index (χ3n) is 6.45. The SMILES string of the molecule is CCOC(=O)c1c(NC(=O)c2ccc(-c3ccccc3)cc2)sc2c1CC[C@H](C(C)(C)C)C2. The van der Waals surface area contributed by atoms with Crippen molar-refractivity contribution in [3.8, 4) is 11.1 Å². The number of amides is 1. The summed E-state index contributed by atoms with van der Waals surface area (Å²) in [6.45, 7) is 8.92. The molecule has 33 heavy (non-hydrogen) atoms. The smallest absolute Gasteiger partial charge is 0.341 e. The molecule has 0 saturated heterocycles. The molecule has 0 fully saturated rings. The van der Waals surface area contributed by atoms with Gasteiger partial charge in [0.05, 0.1) is 12.2 Å². The maximum absolute atomic E-state index is 13.1. The maximum atomic E-state index is 13.1. The van der Waals surface area contributed by atoms with Gasteiger partial charge in [0.2, 0.25) is 0 Å². The molecule has 0 aliphatic heterocycles. The van der Waals surface area contributed by atoms with E-state index in [4.69, 9.17) is 4.74 Å². The fourth-order valence-electron chi connectivity index (χ4n) is 4.45. The molecule has 1 amide bonds. The van der Waals surface area contributed by atoms with Gasteiger partial charge in [0.15, 0.2) is 0 Å². The normalized spacial score (nSPS) is 15.6. The molecule has 0 spiro atoms. The zero-order valence-corrected chi connectivity index (χ0v) is 20.6. The molecule has 3 aromatic rings. The maximum Gasteiger partial charge on any atom is 0.341 e. The van der Waals surface area contributed by atoms with Crippen molar-refractivity contribution in [1.82, 2.24) is 0 Å². The fraction of sp³-hybridized carbons (Fsp3) is 0.357. The Morgan fingerprint density at radius 3 is 2.33 bits per heavy atom. The van der Waals surface area contributed by atoms with Crippen molar-refractivity contribution >= 4 is 28.2 Å². The second kappa shape index (κ2) is 9.52. The molecule has 2 aromatic carbocycles. The van der Waals surface area contributed by atoms with Crippen molar-refractivity contribution in [3.63, 3.8) is 0 Å². The highest BCUT2D eigenvalue weighted by molar-refractivity contribution is 7.17. The standard InChI is InChI=1S/C28H31NO3S/c1-5-32-27(31)24-22-16-15-21(28(2,3)4)17-23(22)33-26(24)29-25(30)20-13-11-19(12-14-20)18-9-7-6-8-10-18/h6-14,21H,5,15-17H2,1-4H3,(H,29,30)/t21-/m0/s1. The Bertz CT molecular complexity index is 1140. The largest absolute Gasteiger partial charge is 0.462 e. The number of hydrogen-bond donors (Lipinski definition) is 1. The Balaban J connectivity index is 1.60. The summed E-state index contributed by atoms with van der Waals surface area (Å²) in [5.74, 6) is -0.0159. The van der Waals surface area contributed by atoms with Crippen LogP contribution in [-0.4, -0.2) is 18.5 Å². The number of thiophene rings is 1. The summed E-state index contributed by atoms with van der Waals surface area (Å²) in [6.07, 6.45) is 2.80. The van der Waals surface area contributed by atoms with Crippen LogP contribution in [0.3, 0.4) is 0 Å². The molecule has 5 heteroatoms. The van der Waals surface area contributed by atoms with Crippen LogP contribution < -0.4 is 5.32 Å². The van der Waals surface area contributed by atoms with Crippen molar-refractivity contribution in [1.29, 1.82) is 0 Å². The van der Waals surface area contributed by atoms with E-state index in [1.807, 2.05) is 54.6 Å². The molecule has 1 atom stereocenters. The minimum atomic E-state index is -0.348. The molecule has 172 valence electrons. The van der Waals surface area contributed by atoms with Gasteiger partial charge in [-0.05, 0) is 66.3 Å². The van der Waals surface area contributed by atoms with Gasteiger partial charge in [-0.15, -0.1) is 11.3 Å². The number of fused-ring (bicyclic) bond motifs is 1. The predicted molar refractivity (Wildman–Crippen MR) is 135 cm³/mol. The van der Waals surface area contributed by atoms with Crippen LogP contribution >= 0.6 is 11.3 Å². The third kappa shape index (κ3) is 5.03. The van der Waals surface area contributed by atoms with Gasteiger partial charge in [0.1, 0.15) is 5.00 Å². The van der Waals surface area contributed by atoms with E-state index in [-0.39, 0.29) is 17.3 Å². The lowest BCUT2D eigenvalue weighted by Gasteiger charge is -2.33. The third-order valence-corrected chi connectivity index (χ3v) is 7.62. The van der Waals surface area contributed by atoms with Crippen molar-refractivity contribution in [2.45, 2.75) is 47.0 Å². The minimum Gasteiger partial charge on any atom is -0.462 e. The monoisotopic (exact) mass is 461 g/mol. The van der Waals surface area contributed by atoms with Gasteiger partial charge >= 0.3 is 5.97 Å². The highest BCUT2D eigenvalue weighted by atomic mass is 32.1. The number of carbonyl (C=O) groups is 2. The summed E-state index contributed by atoms with van der Waals surface area (Å²) >= 11 is 1.53. The quantitative estimate of drug-likeness (QED) is 0.416. The van der Waals surface area contributed by atoms with Crippen LogP contribution in [0.2, 0.25) is 0 Å². The lowest BCUT2D eigenvalue weighted by atomic mass is 9.72. The summed E-state index contributed by atoms with van der Waals surface area (Å²) in [6, 6.07) is 17.6. The van der Waals surface area contributed by atoms with E-state index in [1.54, 1.807) is 6.92 Å². The second-order valence-corrected chi connectivity index (χ2v) is 10.7. The van der Waals surface area contributed by atoms with Crippen LogP contribution in [0.4, 0.5) is 5.00 Å². The molecular formula is C28H31NO3S. The van der Waals surface area contributed by atoms with E-state index in [0.29, 0.717) is 28.7 Å². The Hall–Kier alpha value is -2.92. The van der Waals surface area contributed by atoms with Crippen molar-refractivity contribution < 1.29 is 14.3 Å². The van der Waals surface area contributed by atoms with Crippen LogP contribution in [0.1, 0.15) is 65.3 Å². The predicted octanol–water partition coefficient (Wildman–Crippen LogP) is 7.00. The topological polar surface area (TPSA) is 55.4 Å². The van der Waals surface area contributed by atoms with E-state index in [1.165, 1.54) is 16.2 Å². The molecule has 1 aliphatic carbocycles. The van der Waals surface area contributed by atoms with Crippen LogP contribution in [0.25, 0.3) is 11.1 Å². The van der Waals surface area contributed by atoms with E-state index in [2.05, 4.69) is 26.1 Å². The summed E-state index contributed by atoms with van der Waals surface area (Å²) in [4.78, 5) is 27.1. The van der Waals surface area contributed by atoms with Crippen molar-refractivity contribution in [3.05, 3.63) is 76.2 Å². The zero-order valence-electron chi connectivity index (χ0n) is 19.7. The van der Waals surface area contributed by atoms with E-state index in [0.717, 1.165) is 36.0 Å². The number of benzene rings is 2. The Morgan fingerprint density at radius 1 is 1.03 bits per heavy atom. The average Bonchev–Trinajstić information content (AvgIpc) is 3.16. The van der Waals surface area contributed by atoms with E-state index >= 15 is 0 Å². The zero-order chi connectivity index (χ0) is 23.6. The van der Waals surface area contributed by atoms with Gasteiger partial charge in [0.25, 0.3) is 5.91 Å². The highest BCUT2D eigenvalue weighted by Gasteiger charge is 2.34. The molecule has 4 nitrogen and oxygen atoms in total. The molecule has 0 saturated carbocycles. The van der Waals surface area contributed by atoms with Crippen LogP contribution in [0.5, 0.6) is 0 Å². The Kier molecular flexibility index (Phi) is 6.71. The van der Waals surface area contributed by atoms with Crippen LogP contribution in [-0.2, 0) is 17.6 Å². The van der Waals surface area contributed by atoms with Crippen molar-refractivity contribution in [2.75, 3.05) is 11.9 Å². The number of esters is 1. The molecule has 0 bridgehead atoms. The average molecular weight is 462 g/mol. The number of hydrogen-bond acceptors (Lipinski definition) is 4. The van der Waals surface area contributed by atoms with Gasteiger partial charge in [0, 0.05) is 10.4 Å². The first kappa shape index (κ1) is 23.2. The summed E-state index contributed by atoms with van der Waals surface area (Å²) in [5, 5.41) is 3.62. The van der Waals surface area contributed by atoms with Gasteiger partial charge < -0.3 is 10.1 Å². The lowest BCUT2D eigenvalue weighted by molar-refractivity contribution is 0.0526. The van der Waals surface area contributed by atoms with Gasteiger partial charge in [-0.1, -0.05) is 63.2 Å². The molecular weight excluding hydrogens is 430 g/mol. The van der Waals surface area contributed by atoms with Crippen LogP contribution in [0.15, 0.2) is 54.6 Å². The number of nitrogens with one attached hydrogen (secondary N) is 1. The summed E-state index contributed by atoms with van der Waals surface area (Å²) in [7, 11) is 0. The van der Waals surface area contributed by atoms with Gasteiger partial charge in [-0.3, -0.25) is 4.79 Å². The fourth-order valence-corrected chi connectivity index (χ4v) is 5.76. The minimum absolute atomic E-state index is 0.204. The Morgan fingerprint density at radius 2 is 1.70 bits per heavy atom. The second-order valence-electron chi connectivity index (χ2n) is 9.63. The molecule has 4 rings (SSSR count). The molecule has 1 aromatic heterocycles. The van der Waals surface area contributed by atoms with Gasteiger partial charge in [-0.25, -0.2) is 4.79 Å². The van der Waals surface area contributed by atoms with Crippen LogP contribution in [0, 0.1) is 11.3 Å². The van der Waals surface area contributed by atoms with Crippen molar-refractivity contribution in [2.24, 2.45) is 11.3 Å². The number of carbonyl (C=O) groups excluding carboxylic acids is 2. The number of anilines is 1. The molecule has 0 radical (unpaired) electrons. The first-order chi connectivity index (χ1) is 15.8. The molecule has 1 heterocycles. The number of rotatable bonds is 5. The summed E-state index contributed by atoms with van der Waals surface area (Å²) < 4.78 is 5.36. The highest BCUT2D eigenvalue weighted by Crippen LogP contribution is 2.44. The Labute approximate surface area is 200 Å². The summed E-state index contributed by atoms with van der Waals surface area (Å²) in [5.41, 5.74) is 4.51. The number of ether oxygens (including phenoxy) is 1. The van der Waals surface area contributed by atoms with Gasteiger partial charge in [-0.2, -0.15) is 0 Å². The molecule has 1 aliphatic rings. The van der Waals surface area contributed by atoms with E-state index in [9.17, 15) is 9.59 Å². The molecule has 0 unspecified atom stereocenters. The molecule has 1 N–H and O–H groups in total. The lowest BCUT2D eigenvalue weighted by Crippen LogP contribution is -2.26.